The Bertz CT molecular complexity index is 486. The maximum absolute atomic E-state index is 12.3. The Morgan fingerprint density at radius 1 is 1.32 bits per heavy atom. The Kier molecular flexibility index (Phi) is 3.31. The van der Waals surface area contributed by atoms with Crippen LogP contribution in [0, 0.1) is 5.41 Å². The monoisotopic (exact) mass is 258 g/mol. The molecule has 2 N–H and O–H groups in total. The molecule has 3 heteroatoms. The lowest BCUT2D eigenvalue weighted by Gasteiger charge is -2.39. The topological polar surface area (TPSA) is 41.1 Å². The van der Waals surface area contributed by atoms with Gasteiger partial charge in [0.05, 0.1) is 0 Å². The molecule has 1 saturated carbocycles. The highest BCUT2D eigenvalue weighted by molar-refractivity contribution is 5.83. The van der Waals surface area contributed by atoms with Gasteiger partial charge in [-0.2, -0.15) is 0 Å². The average molecular weight is 258 g/mol. The van der Waals surface area contributed by atoms with Crippen molar-refractivity contribution in [2.24, 2.45) is 5.41 Å². The second-order valence-electron chi connectivity index (χ2n) is 5.88. The van der Waals surface area contributed by atoms with Gasteiger partial charge in [0.25, 0.3) is 0 Å². The summed E-state index contributed by atoms with van der Waals surface area (Å²) in [4.78, 5) is 12.3. The van der Waals surface area contributed by atoms with Crippen LogP contribution in [0.4, 0.5) is 0 Å². The quantitative estimate of drug-likeness (QED) is 0.871. The number of nitrogens with one attached hydrogen (secondary N) is 2. The van der Waals surface area contributed by atoms with Gasteiger partial charge in [-0.1, -0.05) is 31.5 Å². The van der Waals surface area contributed by atoms with Crippen molar-refractivity contribution in [3.8, 4) is 0 Å². The minimum atomic E-state index is -0.0573. The first-order chi connectivity index (χ1) is 9.23. The highest BCUT2D eigenvalue weighted by atomic mass is 16.2. The van der Waals surface area contributed by atoms with E-state index in [-0.39, 0.29) is 11.3 Å². The van der Waals surface area contributed by atoms with Crippen molar-refractivity contribution >= 4 is 5.91 Å². The van der Waals surface area contributed by atoms with Gasteiger partial charge < -0.3 is 10.6 Å². The molecule has 0 radical (unpaired) electrons. The van der Waals surface area contributed by atoms with Crippen LogP contribution in [0.25, 0.3) is 0 Å². The predicted molar refractivity (Wildman–Crippen MR) is 75.4 cm³/mol. The van der Waals surface area contributed by atoms with Crippen molar-refractivity contribution in [2.75, 3.05) is 0 Å². The molecular formula is C16H22N2O. The minimum Gasteiger partial charge on any atom is -0.352 e. The molecule has 102 valence electrons. The first kappa shape index (κ1) is 12.7. The van der Waals surface area contributed by atoms with Crippen molar-refractivity contribution in [1.29, 1.82) is 0 Å². The molecule has 0 atom stereocenters. The standard InChI is InChI=1S/C16H22N2O/c1-2-16(6-3-7-16)15(19)18-9-12-4-5-13-10-17-11-14(13)8-12/h4-5,8,17H,2-3,6-7,9-11H2,1H3,(H,18,19). The summed E-state index contributed by atoms with van der Waals surface area (Å²) in [6.07, 6.45) is 4.28. The lowest BCUT2D eigenvalue weighted by atomic mass is 9.66. The number of benzene rings is 1. The summed E-state index contributed by atoms with van der Waals surface area (Å²) in [6, 6.07) is 6.52. The number of rotatable bonds is 4. The molecule has 3 rings (SSSR count). The first-order valence-electron chi connectivity index (χ1n) is 7.33. The number of hydrogen-bond acceptors (Lipinski definition) is 2. The maximum atomic E-state index is 12.3. The zero-order valence-electron chi connectivity index (χ0n) is 11.6. The van der Waals surface area contributed by atoms with Crippen molar-refractivity contribution < 1.29 is 4.79 Å². The summed E-state index contributed by atoms with van der Waals surface area (Å²) in [5.74, 6) is 0.250. The molecule has 0 bridgehead atoms. The molecule has 3 nitrogen and oxygen atoms in total. The van der Waals surface area contributed by atoms with Crippen molar-refractivity contribution in [2.45, 2.75) is 52.2 Å². The minimum absolute atomic E-state index is 0.0573. The fourth-order valence-electron chi connectivity index (χ4n) is 3.17. The smallest absolute Gasteiger partial charge is 0.226 e. The van der Waals surface area contributed by atoms with Crippen LogP contribution in [0.5, 0.6) is 0 Å². The molecule has 1 fully saturated rings. The number of hydrogen-bond donors (Lipinski definition) is 2. The van der Waals surface area contributed by atoms with Gasteiger partial charge in [0, 0.05) is 25.0 Å². The number of fused-ring (bicyclic) bond motifs is 1. The Morgan fingerprint density at radius 3 is 2.79 bits per heavy atom. The van der Waals surface area contributed by atoms with Gasteiger partial charge in [-0.25, -0.2) is 0 Å². The SMILES string of the molecule is CCC1(C(=O)NCc2ccc3c(c2)CNC3)CCC1. The lowest BCUT2D eigenvalue weighted by Crippen LogP contribution is -2.44. The van der Waals surface area contributed by atoms with E-state index in [9.17, 15) is 4.79 Å². The number of carbonyl (C=O) groups is 1. The Balaban J connectivity index is 1.62. The fourth-order valence-corrected chi connectivity index (χ4v) is 3.17. The maximum Gasteiger partial charge on any atom is 0.226 e. The van der Waals surface area contributed by atoms with Gasteiger partial charge in [-0.15, -0.1) is 0 Å². The molecule has 1 heterocycles. The van der Waals surface area contributed by atoms with E-state index in [0.717, 1.165) is 32.4 Å². The molecule has 0 unspecified atom stereocenters. The summed E-state index contributed by atoms with van der Waals surface area (Å²) in [6.45, 7) is 4.71. The van der Waals surface area contributed by atoms with E-state index in [4.69, 9.17) is 0 Å². The van der Waals surface area contributed by atoms with Crippen LogP contribution in [0.2, 0.25) is 0 Å². The molecular weight excluding hydrogens is 236 g/mol. The lowest BCUT2D eigenvalue weighted by molar-refractivity contribution is -0.136. The van der Waals surface area contributed by atoms with E-state index in [0.29, 0.717) is 6.54 Å². The summed E-state index contributed by atoms with van der Waals surface area (Å²) in [5, 5.41) is 6.47. The number of amides is 1. The normalized spacial score (nSPS) is 19.6. The van der Waals surface area contributed by atoms with Gasteiger partial charge in [-0.05, 0) is 36.0 Å². The summed E-state index contributed by atoms with van der Waals surface area (Å²) in [5.41, 5.74) is 3.92. The number of carbonyl (C=O) groups excluding carboxylic acids is 1. The molecule has 1 aromatic rings. The van der Waals surface area contributed by atoms with Crippen LogP contribution in [-0.2, 0) is 24.4 Å². The fraction of sp³-hybridized carbons (Fsp3) is 0.562. The molecule has 0 spiro atoms. The summed E-state index contributed by atoms with van der Waals surface area (Å²) in [7, 11) is 0. The van der Waals surface area contributed by atoms with Gasteiger partial charge in [0.15, 0.2) is 0 Å². The van der Waals surface area contributed by atoms with Crippen LogP contribution in [0.15, 0.2) is 18.2 Å². The highest BCUT2D eigenvalue weighted by Gasteiger charge is 2.41. The van der Waals surface area contributed by atoms with Crippen molar-refractivity contribution in [3.63, 3.8) is 0 Å². The third-order valence-electron chi connectivity index (χ3n) is 4.82. The second kappa shape index (κ2) is 4.97. The predicted octanol–water partition coefficient (Wildman–Crippen LogP) is 2.49. The van der Waals surface area contributed by atoms with Crippen LogP contribution < -0.4 is 10.6 Å². The van der Waals surface area contributed by atoms with Crippen molar-refractivity contribution in [3.05, 3.63) is 34.9 Å². The molecule has 1 aliphatic heterocycles. The van der Waals surface area contributed by atoms with Crippen molar-refractivity contribution in [1.82, 2.24) is 10.6 Å². The third-order valence-corrected chi connectivity index (χ3v) is 4.82. The van der Waals surface area contributed by atoms with E-state index in [1.165, 1.54) is 23.1 Å². The molecule has 19 heavy (non-hydrogen) atoms. The van der Waals surface area contributed by atoms with Gasteiger partial charge >= 0.3 is 0 Å². The molecule has 1 aliphatic carbocycles. The first-order valence-corrected chi connectivity index (χ1v) is 7.33. The highest BCUT2D eigenvalue weighted by Crippen LogP contribution is 2.43. The third kappa shape index (κ3) is 2.27. The zero-order valence-corrected chi connectivity index (χ0v) is 11.6. The zero-order chi connectivity index (χ0) is 13.3. The molecule has 1 aromatic carbocycles. The van der Waals surface area contributed by atoms with Crippen LogP contribution in [0.1, 0.15) is 49.3 Å². The molecule has 2 aliphatic rings. The molecule has 0 aromatic heterocycles. The average Bonchev–Trinajstić information content (AvgIpc) is 2.83. The Labute approximate surface area is 114 Å². The largest absolute Gasteiger partial charge is 0.352 e. The molecule has 0 saturated heterocycles. The van der Waals surface area contributed by atoms with E-state index >= 15 is 0 Å². The van der Waals surface area contributed by atoms with Crippen LogP contribution >= 0.6 is 0 Å². The van der Waals surface area contributed by atoms with E-state index in [1.54, 1.807) is 0 Å². The van der Waals surface area contributed by atoms with Gasteiger partial charge in [0.1, 0.15) is 0 Å². The Morgan fingerprint density at radius 2 is 2.11 bits per heavy atom. The van der Waals surface area contributed by atoms with Gasteiger partial charge in [-0.3, -0.25) is 4.79 Å². The van der Waals surface area contributed by atoms with Crippen LogP contribution in [-0.4, -0.2) is 5.91 Å². The molecule has 1 amide bonds. The second-order valence-corrected chi connectivity index (χ2v) is 5.88. The van der Waals surface area contributed by atoms with Crippen LogP contribution in [0.3, 0.4) is 0 Å². The Hall–Kier alpha value is -1.35. The van der Waals surface area contributed by atoms with E-state index in [2.05, 4.69) is 35.8 Å². The van der Waals surface area contributed by atoms with E-state index in [1.807, 2.05) is 0 Å². The summed E-state index contributed by atoms with van der Waals surface area (Å²) < 4.78 is 0. The summed E-state index contributed by atoms with van der Waals surface area (Å²) >= 11 is 0. The van der Waals surface area contributed by atoms with E-state index < -0.39 is 0 Å². The van der Waals surface area contributed by atoms with Gasteiger partial charge in [0.2, 0.25) is 5.91 Å².